The van der Waals surface area contributed by atoms with Crippen LogP contribution in [0.3, 0.4) is 0 Å². The fourth-order valence-corrected chi connectivity index (χ4v) is 3.53. The van der Waals surface area contributed by atoms with E-state index in [0.717, 1.165) is 0 Å². The minimum atomic E-state index is -0.222. The van der Waals surface area contributed by atoms with Crippen molar-refractivity contribution in [1.29, 1.82) is 0 Å². The fraction of sp³-hybridized carbons (Fsp3) is 0.500. The van der Waals surface area contributed by atoms with Crippen LogP contribution in [0.2, 0.25) is 0 Å². The SMILES string of the molecule is CCOC(=O)C1CCN(C(=O)CNc2cnc3sccn3c2=O)CC1. The molecule has 0 aromatic carbocycles. The van der Waals surface area contributed by atoms with Crippen molar-refractivity contribution in [3.63, 3.8) is 0 Å². The Kier molecular flexibility index (Phi) is 5.32. The van der Waals surface area contributed by atoms with Crippen LogP contribution < -0.4 is 10.9 Å². The molecule has 0 aliphatic carbocycles. The Morgan fingerprint density at radius 3 is 2.88 bits per heavy atom. The number of carbonyl (C=O) groups is 2. The molecular weight excluding hydrogens is 344 g/mol. The molecule has 1 fully saturated rings. The van der Waals surface area contributed by atoms with E-state index in [9.17, 15) is 14.4 Å². The summed E-state index contributed by atoms with van der Waals surface area (Å²) in [5, 5.41) is 4.66. The quantitative estimate of drug-likeness (QED) is 0.795. The lowest BCUT2D eigenvalue weighted by molar-refractivity contribution is -0.151. The zero-order chi connectivity index (χ0) is 17.8. The second kappa shape index (κ2) is 7.64. The Morgan fingerprint density at radius 2 is 2.16 bits per heavy atom. The maximum Gasteiger partial charge on any atom is 0.309 e. The minimum absolute atomic E-state index is 0.0250. The monoisotopic (exact) mass is 364 g/mol. The highest BCUT2D eigenvalue weighted by Gasteiger charge is 2.28. The van der Waals surface area contributed by atoms with Gasteiger partial charge in [-0.15, -0.1) is 11.3 Å². The van der Waals surface area contributed by atoms with Crippen molar-refractivity contribution >= 4 is 33.9 Å². The molecule has 0 bridgehead atoms. The number of esters is 1. The number of ether oxygens (including phenoxy) is 1. The Bertz CT molecular complexity index is 823. The van der Waals surface area contributed by atoms with Crippen LogP contribution in [0.15, 0.2) is 22.6 Å². The van der Waals surface area contributed by atoms with E-state index in [0.29, 0.717) is 43.2 Å². The molecule has 0 radical (unpaired) electrons. The Morgan fingerprint density at radius 1 is 1.40 bits per heavy atom. The lowest BCUT2D eigenvalue weighted by atomic mass is 9.97. The number of hydrogen-bond acceptors (Lipinski definition) is 7. The van der Waals surface area contributed by atoms with Crippen LogP contribution in [-0.2, 0) is 14.3 Å². The number of likely N-dealkylation sites (tertiary alicyclic amines) is 1. The molecule has 25 heavy (non-hydrogen) atoms. The van der Waals surface area contributed by atoms with Crippen molar-refractivity contribution in [2.75, 3.05) is 31.6 Å². The molecule has 0 saturated carbocycles. The summed E-state index contributed by atoms with van der Waals surface area (Å²) in [5.74, 6) is -0.417. The zero-order valence-electron chi connectivity index (χ0n) is 13.9. The van der Waals surface area contributed by atoms with Gasteiger partial charge in [0, 0.05) is 24.7 Å². The normalized spacial score (nSPS) is 15.3. The van der Waals surface area contributed by atoms with Crippen molar-refractivity contribution in [3.8, 4) is 0 Å². The van der Waals surface area contributed by atoms with Gasteiger partial charge in [0.05, 0.1) is 25.3 Å². The molecule has 1 amide bonds. The minimum Gasteiger partial charge on any atom is -0.466 e. The molecule has 9 heteroatoms. The largest absolute Gasteiger partial charge is 0.466 e. The summed E-state index contributed by atoms with van der Waals surface area (Å²) >= 11 is 1.37. The van der Waals surface area contributed by atoms with Crippen molar-refractivity contribution in [2.45, 2.75) is 19.8 Å². The first-order valence-electron chi connectivity index (χ1n) is 8.23. The molecule has 2 aromatic rings. The molecule has 0 spiro atoms. The third kappa shape index (κ3) is 3.81. The van der Waals surface area contributed by atoms with Crippen LogP contribution in [0.4, 0.5) is 5.69 Å². The number of aromatic nitrogens is 2. The second-order valence-electron chi connectivity index (χ2n) is 5.79. The highest BCUT2D eigenvalue weighted by atomic mass is 32.1. The molecule has 1 saturated heterocycles. The maximum atomic E-state index is 12.3. The van der Waals surface area contributed by atoms with Gasteiger partial charge in [0.2, 0.25) is 5.91 Å². The number of piperidine rings is 1. The van der Waals surface area contributed by atoms with Crippen molar-refractivity contribution < 1.29 is 14.3 Å². The Labute approximate surface area is 148 Å². The predicted molar refractivity (Wildman–Crippen MR) is 93.8 cm³/mol. The summed E-state index contributed by atoms with van der Waals surface area (Å²) in [6, 6.07) is 0. The standard InChI is InChI=1S/C16H20N4O4S/c1-2-24-15(23)11-3-5-19(6-4-11)13(21)10-17-12-9-18-16-20(14(12)22)7-8-25-16/h7-9,11,17H,2-6,10H2,1H3. The molecule has 0 atom stereocenters. The van der Waals surface area contributed by atoms with E-state index in [1.165, 1.54) is 21.9 Å². The third-order valence-corrected chi connectivity index (χ3v) is 5.01. The van der Waals surface area contributed by atoms with E-state index >= 15 is 0 Å². The number of hydrogen-bond donors (Lipinski definition) is 1. The van der Waals surface area contributed by atoms with Gasteiger partial charge in [0.25, 0.3) is 5.56 Å². The number of thiazole rings is 1. The maximum absolute atomic E-state index is 12.3. The van der Waals surface area contributed by atoms with Crippen molar-refractivity contribution in [2.24, 2.45) is 5.92 Å². The van der Waals surface area contributed by atoms with E-state index in [1.54, 1.807) is 23.4 Å². The first-order valence-corrected chi connectivity index (χ1v) is 9.11. The van der Waals surface area contributed by atoms with Gasteiger partial charge < -0.3 is 15.0 Å². The summed E-state index contributed by atoms with van der Waals surface area (Å²) in [4.78, 5) is 42.8. The fourth-order valence-electron chi connectivity index (χ4n) is 2.85. The molecule has 1 N–H and O–H groups in total. The smallest absolute Gasteiger partial charge is 0.309 e. The Hall–Kier alpha value is -2.42. The number of rotatable bonds is 5. The molecule has 1 aliphatic heterocycles. The van der Waals surface area contributed by atoms with Gasteiger partial charge in [0.15, 0.2) is 4.96 Å². The molecule has 8 nitrogen and oxygen atoms in total. The van der Waals surface area contributed by atoms with Gasteiger partial charge >= 0.3 is 5.97 Å². The summed E-state index contributed by atoms with van der Waals surface area (Å²) in [7, 11) is 0. The van der Waals surface area contributed by atoms with Crippen LogP contribution in [-0.4, -0.2) is 52.4 Å². The van der Waals surface area contributed by atoms with E-state index in [-0.39, 0.29) is 29.9 Å². The molecular formula is C16H20N4O4S. The van der Waals surface area contributed by atoms with Gasteiger partial charge in [-0.3, -0.25) is 18.8 Å². The molecule has 134 valence electrons. The number of anilines is 1. The summed E-state index contributed by atoms with van der Waals surface area (Å²) in [6.45, 7) is 3.22. The average Bonchev–Trinajstić information content (AvgIpc) is 3.11. The Balaban J connectivity index is 1.54. The van der Waals surface area contributed by atoms with E-state index in [4.69, 9.17) is 4.74 Å². The van der Waals surface area contributed by atoms with E-state index in [2.05, 4.69) is 10.3 Å². The molecule has 3 heterocycles. The van der Waals surface area contributed by atoms with Gasteiger partial charge in [-0.05, 0) is 19.8 Å². The molecule has 0 unspecified atom stereocenters. The molecule has 1 aliphatic rings. The van der Waals surface area contributed by atoms with E-state index < -0.39 is 0 Å². The van der Waals surface area contributed by atoms with Crippen LogP contribution in [0, 0.1) is 5.92 Å². The third-order valence-electron chi connectivity index (χ3n) is 4.24. The zero-order valence-corrected chi connectivity index (χ0v) is 14.8. The first-order chi connectivity index (χ1) is 12.1. The summed E-state index contributed by atoms with van der Waals surface area (Å²) < 4.78 is 6.47. The lowest BCUT2D eigenvalue weighted by Gasteiger charge is -2.31. The number of fused-ring (bicyclic) bond motifs is 1. The lowest BCUT2D eigenvalue weighted by Crippen LogP contribution is -2.43. The second-order valence-corrected chi connectivity index (χ2v) is 6.67. The van der Waals surface area contributed by atoms with Gasteiger partial charge in [-0.1, -0.05) is 0 Å². The van der Waals surface area contributed by atoms with Crippen molar-refractivity contribution in [1.82, 2.24) is 14.3 Å². The van der Waals surface area contributed by atoms with Gasteiger partial charge in [-0.25, -0.2) is 4.98 Å². The topological polar surface area (TPSA) is 93.0 Å². The van der Waals surface area contributed by atoms with Crippen LogP contribution in [0.5, 0.6) is 0 Å². The van der Waals surface area contributed by atoms with Crippen LogP contribution in [0.1, 0.15) is 19.8 Å². The number of nitrogens with one attached hydrogen (secondary N) is 1. The van der Waals surface area contributed by atoms with Gasteiger partial charge in [-0.2, -0.15) is 0 Å². The van der Waals surface area contributed by atoms with E-state index in [1.807, 2.05) is 0 Å². The van der Waals surface area contributed by atoms with Gasteiger partial charge in [0.1, 0.15) is 5.69 Å². The summed E-state index contributed by atoms with van der Waals surface area (Å²) in [6.07, 6.45) is 4.32. The van der Waals surface area contributed by atoms with Crippen LogP contribution >= 0.6 is 11.3 Å². The number of nitrogens with zero attached hydrogens (tertiary/aromatic N) is 3. The number of carbonyl (C=O) groups excluding carboxylic acids is 2. The predicted octanol–water partition coefficient (Wildman–Crippen LogP) is 0.970. The molecule has 3 rings (SSSR count). The van der Waals surface area contributed by atoms with Crippen molar-refractivity contribution in [3.05, 3.63) is 28.1 Å². The average molecular weight is 364 g/mol. The number of amides is 1. The molecule has 2 aromatic heterocycles. The highest BCUT2D eigenvalue weighted by molar-refractivity contribution is 7.15. The highest BCUT2D eigenvalue weighted by Crippen LogP contribution is 2.18. The summed E-state index contributed by atoms with van der Waals surface area (Å²) in [5.41, 5.74) is 0.0747. The first kappa shape index (κ1) is 17.4. The van der Waals surface area contributed by atoms with Crippen LogP contribution in [0.25, 0.3) is 4.96 Å².